The van der Waals surface area contributed by atoms with Gasteiger partial charge in [-0.3, -0.25) is 9.69 Å². The number of carbonyl (C=O) groups is 1. The smallest absolute Gasteiger partial charge is 0.258 e. The van der Waals surface area contributed by atoms with Crippen molar-refractivity contribution >= 4 is 11.6 Å². The lowest BCUT2D eigenvalue weighted by Gasteiger charge is -2.47. The Hall–Kier alpha value is -2.69. The minimum atomic E-state index is -0.957. The number of ether oxygens (including phenoxy) is 2. The lowest BCUT2D eigenvalue weighted by Crippen LogP contribution is -2.58. The highest BCUT2D eigenvalue weighted by molar-refractivity contribution is 5.99. The number of benzene rings is 2. The van der Waals surface area contributed by atoms with Gasteiger partial charge >= 0.3 is 0 Å². The van der Waals surface area contributed by atoms with E-state index in [0.717, 1.165) is 42.7 Å². The number of nitrogens with zero attached hydrogens (tertiary/aromatic N) is 2. The zero-order chi connectivity index (χ0) is 23.7. The molecule has 3 atom stereocenters. The van der Waals surface area contributed by atoms with Crippen molar-refractivity contribution in [3.8, 4) is 11.8 Å². The van der Waals surface area contributed by atoms with Crippen LogP contribution in [0.4, 0.5) is 5.69 Å². The number of piperidine rings is 3. The summed E-state index contributed by atoms with van der Waals surface area (Å²) in [7, 11) is 3.14. The van der Waals surface area contributed by atoms with Crippen molar-refractivity contribution in [3.05, 3.63) is 65.2 Å². The molecular formula is C28H32N2O4. The normalized spacial score (nSPS) is 30.3. The fourth-order valence-electron chi connectivity index (χ4n) is 5.55. The molecule has 4 heterocycles. The van der Waals surface area contributed by atoms with Gasteiger partial charge in [0, 0.05) is 37.9 Å². The Kier molecular flexibility index (Phi) is 6.46. The number of anilines is 1. The average molecular weight is 461 g/mol. The highest BCUT2D eigenvalue weighted by Gasteiger charge is 2.44. The number of hydrogen-bond donors (Lipinski definition) is 1. The molecule has 0 aliphatic carbocycles. The lowest BCUT2D eigenvalue weighted by molar-refractivity contribution is -0.129. The van der Waals surface area contributed by atoms with E-state index in [-0.39, 0.29) is 17.9 Å². The second-order valence-electron chi connectivity index (χ2n) is 9.61. The molecule has 0 radical (unpaired) electrons. The van der Waals surface area contributed by atoms with E-state index in [1.165, 1.54) is 12.7 Å². The third kappa shape index (κ3) is 4.37. The molecule has 2 aromatic rings. The number of amides is 1. The minimum absolute atomic E-state index is 0.0968. The van der Waals surface area contributed by atoms with Crippen LogP contribution in [0.1, 0.15) is 29.5 Å². The summed E-state index contributed by atoms with van der Waals surface area (Å²) < 4.78 is 10.9. The van der Waals surface area contributed by atoms with Crippen LogP contribution < -0.4 is 4.90 Å². The number of rotatable bonds is 5. The van der Waals surface area contributed by atoms with E-state index >= 15 is 0 Å². The molecule has 2 aromatic carbocycles. The number of aliphatic hydroxyl groups is 1. The Morgan fingerprint density at radius 3 is 2.47 bits per heavy atom. The number of carbonyl (C=O) groups excluding carboxylic acids is 1. The molecular weight excluding hydrogens is 428 g/mol. The quantitative estimate of drug-likeness (QED) is 0.695. The number of hydrogen-bond acceptors (Lipinski definition) is 5. The van der Waals surface area contributed by atoms with Gasteiger partial charge in [-0.15, -0.1) is 0 Å². The summed E-state index contributed by atoms with van der Waals surface area (Å²) in [5.74, 6) is 6.70. The lowest BCUT2D eigenvalue weighted by atomic mass is 9.75. The van der Waals surface area contributed by atoms with Gasteiger partial charge in [-0.2, -0.15) is 0 Å². The van der Waals surface area contributed by atoms with Crippen LogP contribution in [0.3, 0.4) is 0 Å². The summed E-state index contributed by atoms with van der Waals surface area (Å²) in [6, 6.07) is 16.2. The van der Waals surface area contributed by atoms with Gasteiger partial charge < -0.3 is 19.5 Å². The van der Waals surface area contributed by atoms with Crippen LogP contribution in [0, 0.1) is 17.8 Å². The number of methoxy groups -OCH3 is 2. The molecule has 6 rings (SSSR count). The summed E-state index contributed by atoms with van der Waals surface area (Å²) in [6.45, 7) is 3.17. The maximum Gasteiger partial charge on any atom is 0.258 e. The Morgan fingerprint density at radius 2 is 1.85 bits per heavy atom. The van der Waals surface area contributed by atoms with Crippen LogP contribution in [-0.2, 0) is 20.7 Å². The Morgan fingerprint density at radius 1 is 1.09 bits per heavy atom. The largest absolute Gasteiger partial charge is 0.376 e. The second-order valence-corrected chi connectivity index (χ2v) is 9.61. The first kappa shape index (κ1) is 23.1. The molecule has 178 valence electrons. The zero-order valence-corrected chi connectivity index (χ0v) is 19.9. The fraction of sp³-hybridized carbons (Fsp3) is 0.464. The van der Waals surface area contributed by atoms with E-state index in [9.17, 15) is 9.90 Å². The molecule has 0 unspecified atom stereocenters. The van der Waals surface area contributed by atoms with Crippen LogP contribution in [0.5, 0.6) is 0 Å². The first-order valence-corrected chi connectivity index (χ1v) is 12.0. The summed E-state index contributed by atoms with van der Waals surface area (Å²) in [5.41, 5.74) is 2.94. The standard InChI is InChI=1S/C28H32N2O4/c1-33-25-18-30(27(31)26(25)34-2)24-9-8-21(22(17-24)16-20-6-4-3-5-7-20)10-13-28(32)19-29-14-11-23(28)12-15-29/h3-9,17,23,25-26,32H,11-12,14-16,18-19H2,1-2H3/t25-,26+,28-/m1/s1. The van der Waals surface area contributed by atoms with Crippen LogP contribution >= 0.6 is 0 Å². The Bertz CT molecular complexity index is 1100. The Labute approximate surface area is 201 Å². The summed E-state index contributed by atoms with van der Waals surface area (Å²) in [5, 5.41) is 11.3. The van der Waals surface area contributed by atoms with Crippen molar-refractivity contribution in [3.63, 3.8) is 0 Å². The zero-order valence-electron chi connectivity index (χ0n) is 19.9. The topological polar surface area (TPSA) is 62.2 Å². The molecule has 6 nitrogen and oxygen atoms in total. The predicted molar refractivity (Wildman–Crippen MR) is 131 cm³/mol. The van der Waals surface area contributed by atoms with Gasteiger partial charge in [0.1, 0.15) is 11.7 Å². The molecule has 2 bridgehead atoms. The maximum atomic E-state index is 13.0. The van der Waals surface area contributed by atoms with E-state index in [0.29, 0.717) is 19.5 Å². The van der Waals surface area contributed by atoms with Gasteiger partial charge in [0.25, 0.3) is 5.91 Å². The fourth-order valence-corrected chi connectivity index (χ4v) is 5.55. The van der Waals surface area contributed by atoms with Crippen molar-refractivity contribution in [2.45, 2.75) is 37.1 Å². The van der Waals surface area contributed by atoms with Crippen molar-refractivity contribution in [2.24, 2.45) is 5.92 Å². The molecule has 4 aliphatic heterocycles. The second kappa shape index (κ2) is 9.52. The molecule has 4 saturated heterocycles. The van der Waals surface area contributed by atoms with E-state index < -0.39 is 11.7 Å². The van der Waals surface area contributed by atoms with E-state index in [4.69, 9.17) is 9.47 Å². The van der Waals surface area contributed by atoms with Crippen molar-refractivity contribution in [2.75, 3.05) is 45.3 Å². The molecule has 0 spiro atoms. The highest BCUT2D eigenvalue weighted by atomic mass is 16.5. The van der Waals surface area contributed by atoms with Crippen LogP contribution in [-0.4, -0.2) is 74.1 Å². The minimum Gasteiger partial charge on any atom is -0.376 e. The van der Waals surface area contributed by atoms with E-state index in [2.05, 4.69) is 28.9 Å². The highest BCUT2D eigenvalue weighted by Crippen LogP contribution is 2.35. The molecule has 4 fully saturated rings. The summed E-state index contributed by atoms with van der Waals surface area (Å²) in [4.78, 5) is 17.0. The van der Waals surface area contributed by atoms with Gasteiger partial charge in [-0.05, 0) is 61.7 Å². The van der Waals surface area contributed by atoms with Crippen molar-refractivity contribution in [1.82, 2.24) is 4.90 Å². The monoisotopic (exact) mass is 460 g/mol. The molecule has 0 aromatic heterocycles. The molecule has 34 heavy (non-hydrogen) atoms. The van der Waals surface area contributed by atoms with Crippen molar-refractivity contribution < 1.29 is 19.4 Å². The van der Waals surface area contributed by atoms with Crippen LogP contribution in [0.25, 0.3) is 0 Å². The number of fused-ring (bicyclic) bond motifs is 3. The average Bonchev–Trinajstić information content (AvgIpc) is 3.19. The van der Waals surface area contributed by atoms with Gasteiger partial charge in [0.15, 0.2) is 6.10 Å². The van der Waals surface area contributed by atoms with Gasteiger partial charge in [-0.25, -0.2) is 0 Å². The molecule has 4 aliphatic rings. The summed E-state index contributed by atoms with van der Waals surface area (Å²) in [6.07, 6.45) is 1.78. The van der Waals surface area contributed by atoms with Gasteiger partial charge in [0.2, 0.25) is 0 Å². The third-order valence-electron chi connectivity index (χ3n) is 7.55. The van der Waals surface area contributed by atoms with Crippen LogP contribution in [0.15, 0.2) is 48.5 Å². The van der Waals surface area contributed by atoms with Crippen molar-refractivity contribution in [1.29, 1.82) is 0 Å². The molecule has 1 N–H and O–H groups in total. The molecule has 0 saturated carbocycles. The SMILES string of the molecule is CO[C@@H]1C(=O)N(c2ccc(C#C[C@@]3(O)CN4CCC3CC4)c(Cc3ccccc3)c2)C[C@H]1OC. The van der Waals surface area contributed by atoms with Gasteiger partial charge in [0.05, 0.1) is 6.54 Å². The van der Waals surface area contributed by atoms with E-state index in [1.54, 1.807) is 12.0 Å². The third-order valence-corrected chi connectivity index (χ3v) is 7.55. The Balaban J connectivity index is 1.48. The predicted octanol–water partition coefficient (Wildman–Crippen LogP) is 2.46. The summed E-state index contributed by atoms with van der Waals surface area (Å²) >= 11 is 0. The first-order valence-electron chi connectivity index (χ1n) is 12.0. The first-order chi connectivity index (χ1) is 16.5. The van der Waals surface area contributed by atoms with Gasteiger partial charge in [-0.1, -0.05) is 42.2 Å². The maximum absolute atomic E-state index is 13.0. The molecule has 6 heteroatoms. The molecule has 1 amide bonds. The van der Waals surface area contributed by atoms with E-state index in [1.807, 2.05) is 36.4 Å². The van der Waals surface area contributed by atoms with Crippen LogP contribution in [0.2, 0.25) is 0 Å².